The van der Waals surface area contributed by atoms with Gasteiger partial charge in [-0.15, -0.1) is 0 Å². The van der Waals surface area contributed by atoms with Crippen LogP contribution in [0.5, 0.6) is 0 Å². The summed E-state index contributed by atoms with van der Waals surface area (Å²) in [5.41, 5.74) is 0.446. The lowest BCUT2D eigenvalue weighted by molar-refractivity contribution is -0.134. The number of hydrogen-bond acceptors (Lipinski definition) is 4. The Kier molecular flexibility index (Phi) is 4.14. The first-order chi connectivity index (χ1) is 11.7. The number of amides is 1. The van der Waals surface area contributed by atoms with Crippen LogP contribution in [-0.2, 0) is 11.2 Å². The maximum Gasteiger partial charge on any atom is 0.227 e. The molecule has 3 heterocycles. The van der Waals surface area contributed by atoms with Crippen molar-refractivity contribution in [3.05, 3.63) is 17.8 Å². The Morgan fingerprint density at radius 1 is 1.21 bits per heavy atom. The summed E-state index contributed by atoms with van der Waals surface area (Å²) in [4.78, 5) is 24.9. The first-order valence-electron chi connectivity index (χ1n) is 9.20. The fraction of sp³-hybridized carbons (Fsp3) is 0.722. The molecule has 6 heteroatoms. The van der Waals surface area contributed by atoms with Crippen molar-refractivity contribution in [2.45, 2.75) is 39.0 Å². The van der Waals surface area contributed by atoms with Gasteiger partial charge < -0.3 is 9.80 Å². The Bertz CT molecular complexity index is 625. The Hall–Kier alpha value is -1.72. The van der Waals surface area contributed by atoms with Gasteiger partial charge in [0.1, 0.15) is 6.33 Å². The van der Waals surface area contributed by atoms with Gasteiger partial charge in [-0.05, 0) is 37.5 Å². The molecule has 1 amide bonds. The first-order valence-corrected chi connectivity index (χ1v) is 9.20. The van der Waals surface area contributed by atoms with E-state index in [1.54, 1.807) is 0 Å². The molecule has 1 aliphatic carbocycles. The second kappa shape index (κ2) is 6.30. The van der Waals surface area contributed by atoms with Crippen LogP contribution in [0.15, 0.2) is 6.33 Å². The number of anilines is 1. The molecular formula is C18H25FN4O. The lowest BCUT2D eigenvalue weighted by atomic mass is 10.0. The van der Waals surface area contributed by atoms with E-state index in [1.807, 2.05) is 11.8 Å². The maximum atomic E-state index is 14.4. The zero-order valence-corrected chi connectivity index (χ0v) is 14.2. The fourth-order valence-corrected chi connectivity index (χ4v) is 4.69. The molecule has 0 bridgehead atoms. The van der Waals surface area contributed by atoms with E-state index in [1.165, 1.54) is 25.6 Å². The van der Waals surface area contributed by atoms with Gasteiger partial charge in [-0.3, -0.25) is 4.79 Å². The molecule has 3 fully saturated rings. The highest BCUT2D eigenvalue weighted by molar-refractivity contribution is 5.80. The second-order valence-electron chi connectivity index (χ2n) is 7.44. The average Bonchev–Trinajstić information content (AvgIpc) is 3.30. The number of aryl methyl sites for hydroxylation is 1. The van der Waals surface area contributed by atoms with Crippen molar-refractivity contribution >= 4 is 11.7 Å². The van der Waals surface area contributed by atoms with Crippen LogP contribution in [0.3, 0.4) is 0 Å². The number of aromatic nitrogens is 2. The molecule has 5 nitrogen and oxygen atoms in total. The minimum absolute atomic E-state index is 0.0248. The van der Waals surface area contributed by atoms with Crippen LogP contribution >= 0.6 is 0 Å². The molecule has 24 heavy (non-hydrogen) atoms. The molecule has 2 saturated heterocycles. The van der Waals surface area contributed by atoms with Crippen LogP contribution in [0.4, 0.5) is 10.2 Å². The van der Waals surface area contributed by atoms with Gasteiger partial charge in [0.05, 0.1) is 11.6 Å². The van der Waals surface area contributed by atoms with Gasteiger partial charge in [0.2, 0.25) is 5.91 Å². The molecule has 3 atom stereocenters. The number of carbonyl (C=O) groups is 1. The summed E-state index contributed by atoms with van der Waals surface area (Å²) >= 11 is 0. The molecule has 130 valence electrons. The van der Waals surface area contributed by atoms with Gasteiger partial charge in [-0.25, -0.2) is 14.4 Å². The molecule has 0 aromatic carbocycles. The number of carbonyl (C=O) groups excluding carboxylic acids is 1. The van der Waals surface area contributed by atoms with Crippen molar-refractivity contribution in [2.75, 3.05) is 31.1 Å². The topological polar surface area (TPSA) is 49.3 Å². The SMILES string of the molecule is CCc1ncnc(N2CCC(C(=O)N3CC4CCCC4C3)C2)c1F. The lowest BCUT2D eigenvalue weighted by Gasteiger charge is -2.22. The molecule has 3 aliphatic rings. The number of nitrogens with zero attached hydrogens (tertiary/aromatic N) is 4. The zero-order valence-electron chi connectivity index (χ0n) is 14.2. The predicted molar refractivity (Wildman–Crippen MR) is 89.1 cm³/mol. The first kappa shape index (κ1) is 15.8. The normalized spacial score (nSPS) is 29.3. The molecule has 0 spiro atoms. The van der Waals surface area contributed by atoms with Crippen LogP contribution in [0.2, 0.25) is 0 Å². The molecule has 1 aromatic heterocycles. The third-order valence-electron chi connectivity index (χ3n) is 6.05. The van der Waals surface area contributed by atoms with E-state index in [-0.39, 0.29) is 17.6 Å². The minimum atomic E-state index is -0.330. The van der Waals surface area contributed by atoms with Gasteiger partial charge in [-0.1, -0.05) is 13.3 Å². The van der Waals surface area contributed by atoms with Gasteiger partial charge >= 0.3 is 0 Å². The summed E-state index contributed by atoms with van der Waals surface area (Å²) in [5.74, 6) is 1.70. The number of halogens is 1. The highest BCUT2D eigenvalue weighted by Crippen LogP contribution is 2.38. The van der Waals surface area contributed by atoms with Crippen molar-refractivity contribution < 1.29 is 9.18 Å². The van der Waals surface area contributed by atoms with E-state index in [4.69, 9.17) is 0 Å². The predicted octanol–water partition coefficient (Wildman–Crippen LogP) is 2.26. The summed E-state index contributed by atoms with van der Waals surface area (Å²) in [7, 11) is 0. The van der Waals surface area contributed by atoms with E-state index in [0.29, 0.717) is 31.0 Å². The van der Waals surface area contributed by atoms with Gasteiger partial charge in [0.25, 0.3) is 0 Å². The van der Waals surface area contributed by atoms with Crippen LogP contribution in [-0.4, -0.2) is 47.0 Å². The smallest absolute Gasteiger partial charge is 0.227 e. The Balaban J connectivity index is 1.42. The number of hydrogen-bond donors (Lipinski definition) is 0. The number of likely N-dealkylation sites (tertiary alicyclic amines) is 1. The average molecular weight is 332 g/mol. The largest absolute Gasteiger partial charge is 0.353 e. The van der Waals surface area contributed by atoms with E-state index < -0.39 is 0 Å². The molecular weight excluding hydrogens is 307 g/mol. The minimum Gasteiger partial charge on any atom is -0.353 e. The molecule has 0 radical (unpaired) electrons. The summed E-state index contributed by atoms with van der Waals surface area (Å²) in [6.07, 6.45) is 6.63. The molecule has 0 N–H and O–H groups in total. The van der Waals surface area contributed by atoms with E-state index in [9.17, 15) is 9.18 Å². The molecule has 3 unspecified atom stereocenters. The quantitative estimate of drug-likeness (QED) is 0.852. The lowest BCUT2D eigenvalue weighted by Crippen LogP contribution is -2.36. The van der Waals surface area contributed by atoms with Crippen molar-refractivity contribution in [3.63, 3.8) is 0 Å². The highest BCUT2D eigenvalue weighted by atomic mass is 19.1. The monoisotopic (exact) mass is 332 g/mol. The van der Waals surface area contributed by atoms with E-state index in [0.717, 1.165) is 31.3 Å². The van der Waals surface area contributed by atoms with Crippen molar-refractivity contribution in [3.8, 4) is 0 Å². The van der Waals surface area contributed by atoms with Crippen LogP contribution < -0.4 is 4.90 Å². The third-order valence-corrected chi connectivity index (χ3v) is 6.05. The second-order valence-corrected chi connectivity index (χ2v) is 7.44. The van der Waals surface area contributed by atoms with Crippen molar-refractivity contribution in [2.24, 2.45) is 17.8 Å². The summed E-state index contributed by atoms with van der Waals surface area (Å²) in [6.45, 7) is 5.01. The summed E-state index contributed by atoms with van der Waals surface area (Å²) in [6, 6.07) is 0. The molecule has 2 aliphatic heterocycles. The standard InChI is InChI=1S/C18H25FN4O/c1-2-15-16(19)17(21-11-20-15)22-7-6-14(10-22)18(24)23-8-12-4-3-5-13(12)9-23/h11-14H,2-10H2,1H3. The van der Waals surface area contributed by atoms with Gasteiger partial charge in [0.15, 0.2) is 11.6 Å². The fourth-order valence-electron chi connectivity index (χ4n) is 4.69. The van der Waals surface area contributed by atoms with Gasteiger partial charge in [0, 0.05) is 26.2 Å². The van der Waals surface area contributed by atoms with Crippen molar-refractivity contribution in [1.29, 1.82) is 0 Å². The zero-order chi connectivity index (χ0) is 16.7. The molecule has 1 aromatic rings. The van der Waals surface area contributed by atoms with Crippen LogP contribution in [0.1, 0.15) is 38.3 Å². The summed E-state index contributed by atoms with van der Waals surface area (Å²) < 4.78 is 14.4. The Morgan fingerprint density at radius 2 is 1.96 bits per heavy atom. The number of rotatable bonds is 3. The number of fused-ring (bicyclic) bond motifs is 1. The van der Waals surface area contributed by atoms with E-state index in [2.05, 4.69) is 14.9 Å². The van der Waals surface area contributed by atoms with Crippen molar-refractivity contribution in [1.82, 2.24) is 14.9 Å². The summed E-state index contributed by atoms with van der Waals surface area (Å²) in [5, 5.41) is 0. The molecule has 4 rings (SSSR count). The maximum absolute atomic E-state index is 14.4. The highest BCUT2D eigenvalue weighted by Gasteiger charge is 2.41. The third kappa shape index (κ3) is 2.66. The van der Waals surface area contributed by atoms with E-state index >= 15 is 0 Å². The van der Waals surface area contributed by atoms with Crippen LogP contribution in [0.25, 0.3) is 0 Å². The van der Waals surface area contributed by atoms with Crippen LogP contribution in [0, 0.1) is 23.6 Å². The molecule has 1 saturated carbocycles. The van der Waals surface area contributed by atoms with Gasteiger partial charge in [-0.2, -0.15) is 0 Å². The Labute approximate surface area is 142 Å². The Morgan fingerprint density at radius 3 is 2.67 bits per heavy atom.